The van der Waals surface area contributed by atoms with Crippen molar-refractivity contribution in [2.45, 2.75) is 32.5 Å². The highest BCUT2D eigenvalue weighted by atomic mass is 16.3. The number of hydrogen-bond acceptors (Lipinski definition) is 5. The molecule has 0 saturated carbocycles. The number of aryl methyl sites for hydroxylation is 1. The first-order valence-electron chi connectivity index (χ1n) is 6.90. The fraction of sp³-hybridized carbons (Fsp3) is 0.500. The van der Waals surface area contributed by atoms with E-state index in [0.29, 0.717) is 13.1 Å². The van der Waals surface area contributed by atoms with Gasteiger partial charge in [0.2, 0.25) is 0 Å². The molecule has 3 rings (SSSR count). The summed E-state index contributed by atoms with van der Waals surface area (Å²) in [6, 6.07) is 1.86. The van der Waals surface area contributed by atoms with Crippen molar-refractivity contribution in [1.82, 2.24) is 24.6 Å². The molecule has 0 fully saturated rings. The Morgan fingerprint density at radius 2 is 2.30 bits per heavy atom. The van der Waals surface area contributed by atoms with Crippen molar-refractivity contribution in [2.75, 3.05) is 13.1 Å². The van der Waals surface area contributed by atoms with Gasteiger partial charge in [-0.15, -0.1) is 0 Å². The topological polar surface area (TPSA) is 67.1 Å². The molecule has 1 atom stereocenters. The Labute approximate surface area is 118 Å². The van der Waals surface area contributed by atoms with Crippen LogP contribution in [0.3, 0.4) is 0 Å². The molecule has 2 aromatic heterocycles. The molecule has 0 saturated heterocycles. The summed E-state index contributed by atoms with van der Waals surface area (Å²) in [5.41, 5.74) is 2.32. The highest BCUT2D eigenvalue weighted by molar-refractivity contribution is 5.20. The minimum Gasteiger partial charge on any atom is -0.390 e. The van der Waals surface area contributed by atoms with E-state index in [1.165, 1.54) is 5.56 Å². The largest absolute Gasteiger partial charge is 0.390 e. The van der Waals surface area contributed by atoms with Crippen LogP contribution in [0.15, 0.2) is 24.7 Å². The second-order valence-electron chi connectivity index (χ2n) is 5.26. The van der Waals surface area contributed by atoms with Crippen molar-refractivity contribution < 1.29 is 5.11 Å². The van der Waals surface area contributed by atoms with Crippen molar-refractivity contribution in [3.8, 4) is 0 Å². The molecule has 0 bridgehead atoms. The van der Waals surface area contributed by atoms with Gasteiger partial charge in [-0.25, -0.2) is 9.97 Å². The molecule has 2 aromatic rings. The molecule has 1 unspecified atom stereocenters. The molecular weight excluding hydrogens is 254 g/mol. The van der Waals surface area contributed by atoms with E-state index in [4.69, 9.17) is 0 Å². The molecule has 20 heavy (non-hydrogen) atoms. The third-order valence-electron chi connectivity index (χ3n) is 3.57. The first kappa shape index (κ1) is 13.2. The van der Waals surface area contributed by atoms with E-state index in [0.717, 1.165) is 31.0 Å². The highest BCUT2D eigenvalue weighted by Crippen LogP contribution is 2.16. The molecule has 0 spiro atoms. The van der Waals surface area contributed by atoms with Gasteiger partial charge in [0.25, 0.3) is 0 Å². The van der Waals surface area contributed by atoms with Gasteiger partial charge in [-0.2, -0.15) is 5.10 Å². The number of aromatic nitrogens is 4. The van der Waals surface area contributed by atoms with E-state index in [9.17, 15) is 5.11 Å². The Hall–Kier alpha value is -1.79. The molecule has 106 valence electrons. The van der Waals surface area contributed by atoms with E-state index >= 15 is 0 Å². The zero-order valence-corrected chi connectivity index (χ0v) is 11.6. The molecule has 0 aromatic carbocycles. The van der Waals surface area contributed by atoms with Crippen LogP contribution in [0.1, 0.15) is 17.1 Å². The Morgan fingerprint density at radius 1 is 1.40 bits per heavy atom. The number of aliphatic hydroxyl groups excluding tert-OH is 1. The Bertz CT molecular complexity index is 569. The van der Waals surface area contributed by atoms with Gasteiger partial charge in [-0.1, -0.05) is 0 Å². The monoisotopic (exact) mass is 273 g/mol. The highest BCUT2D eigenvalue weighted by Gasteiger charge is 2.20. The second-order valence-corrected chi connectivity index (χ2v) is 5.26. The van der Waals surface area contributed by atoms with Gasteiger partial charge in [0, 0.05) is 38.2 Å². The number of aliphatic hydroxyl groups is 1. The van der Waals surface area contributed by atoms with Gasteiger partial charge in [0.15, 0.2) is 0 Å². The SMILES string of the molecule is Cc1ncc2c(n1)CN(CC(O)Cn1cccn1)CC2. The van der Waals surface area contributed by atoms with Gasteiger partial charge < -0.3 is 5.11 Å². The number of hydrogen-bond donors (Lipinski definition) is 1. The molecule has 1 aliphatic heterocycles. The molecule has 0 amide bonds. The Morgan fingerprint density at radius 3 is 3.10 bits per heavy atom. The predicted octanol–water partition coefficient (Wildman–Crippen LogP) is 0.401. The minimum atomic E-state index is -0.417. The van der Waals surface area contributed by atoms with Crippen LogP contribution >= 0.6 is 0 Å². The maximum Gasteiger partial charge on any atom is 0.125 e. The van der Waals surface area contributed by atoms with E-state index in [-0.39, 0.29) is 0 Å². The quantitative estimate of drug-likeness (QED) is 0.873. The molecule has 1 N–H and O–H groups in total. The average molecular weight is 273 g/mol. The maximum atomic E-state index is 10.1. The van der Waals surface area contributed by atoms with Crippen LogP contribution in [-0.2, 0) is 19.5 Å². The van der Waals surface area contributed by atoms with E-state index < -0.39 is 6.10 Å². The number of rotatable bonds is 4. The zero-order valence-electron chi connectivity index (χ0n) is 11.6. The van der Waals surface area contributed by atoms with Crippen molar-refractivity contribution in [2.24, 2.45) is 0 Å². The lowest BCUT2D eigenvalue weighted by atomic mass is 10.1. The van der Waals surface area contributed by atoms with Crippen molar-refractivity contribution in [1.29, 1.82) is 0 Å². The number of β-amino-alcohol motifs (C(OH)–C–C–N with tert-alkyl or cyclic N) is 1. The first-order valence-corrected chi connectivity index (χ1v) is 6.90. The predicted molar refractivity (Wildman–Crippen MR) is 74.0 cm³/mol. The minimum absolute atomic E-state index is 0.417. The third kappa shape index (κ3) is 3.02. The van der Waals surface area contributed by atoms with Crippen LogP contribution in [0.25, 0.3) is 0 Å². The van der Waals surface area contributed by atoms with Gasteiger partial charge in [0.1, 0.15) is 5.82 Å². The summed E-state index contributed by atoms with van der Waals surface area (Å²) < 4.78 is 1.76. The smallest absolute Gasteiger partial charge is 0.125 e. The van der Waals surface area contributed by atoms with Crippen LogP contribution in [0, 0.1) is 6.92 Å². The van der Waals surface area contributed by atoms with Crippen LogP contribution in [0.5, 0.6) is 0 Å². The van der Waals surface area contributed by atoms with Crippen LogP contribution < -0.4 is 0 Å². The Balaban J connectivity index is 1.59. The summed E-state index contributed by atoms with van der Waals surface area (Å²) in [6.07, 6.45) is 6.05. The number of fused-ring (bicyclic) bond motifs is 1. The molecule has 0 aliphatic carbocycles. The summed E-state index contributed by atoms with van der Waals surface area (Å²) >= 11 is 0. The van der Waals surface area contributed by atoms with Gasteiger partial charge in [0.05, 0.1) is 18.3 Å². The Kier molecular flexibility index (Phi) is 3.75. The van der Waals surface area contributed by atoms with Gasteiger partial charge in [-0.3, -0.25) is 9.58 Å². The van der Waals surface area contributed by atoms with E-state index in [1.54, 1.807) is 10.9 Å². The van der Waals surface area contributed by atoms with Crippen molar-refractivity contribution in [3.05, 3.63) is 41.7 Å². The van der Waals surface area contributed by atoms with Crippen LogP contribution in [0.4, 0.5) is 0 Å². The summed E-state index contributed by atoms with van der Waals surface area (Å²) in [7, 11) is 0. The fourth-order valence-corrected chi connectivity index (χ4v) is 2.59. The molecule has 3 heterocycles. The standard InChI is InChI=1S/C14H19N5O/c1-11-15-7-12-3-6-18(10-14(12)17-11)8-13(20)9-19-5-2-4-16-19/h2,4-5,7,13,20H,3,6,8-10H2,1H3. The lowest BCUT2D eigenvalue weighted by Gasteiger charge is -2.29. The maximum absolute atomic E-state index is 10.1. The number of nitrogens with zero attached hydrogens (tertiary/aromatic N) is 5. The zero-order chi connectivity index (χ0) is 13.9. The summed E-state index contributed by atoms with van der Waals surface area (Å²) in [5.74, 6) is 0.808. The van der Waals surface area contributed by atoms with E-state index in [2.05, 4.69) is 20.0 Å². The molecule has 6 nitrogen and oxygen atoms in total. The second kappa shape index (κ2) is 5.68. The van der Waals surface area contributed by atoms with Gasteiger partial charge >= 0.3 is 0 Å². The first-order chi connectivity index (χ1) is 9.70. The van der Waals surface area contributed by atoms with Crippen molar-refractivity contribution in [3.63, 3.8) is 0 Å². The lowest BCUT2D eigenvalue weighted by Crippen LogP contribution is -2.38. The third-order valence-corrected chi connectivity index (χ3v) is 3.57. The summed E-state index contributed by atoms with van der Waals surface area (Å²) in [6.45, 7) is 4.80. The lowest BCUT2D eigenvalue weighted by molar-refractivity contribution is 0.0880. The summed E-state index contributed by atoms with van der Waals surface area (Å²) in [5, 5.41) is 14.3. The molecule has 1 aliphatic rings. The molecule has 0 radical (unpaired) electrons. The summed E-state index contributed by atoms with van der Waals surface area (Å²) in [4.78, 5) is 11.0. The van der Waals surface area contributed by atoms with Crippen molar-refractivity contribution >= 4 is 0 Å². The normalized spacial score (nSPS) is 16.9. The van der Waals surface area contributed by atoms with Crippen LogP contribution in [0.2, 0.25) is 0 Å². The van der Waals surface area contributed by atoms with Crippen LogP contribution in [-0.4, -0.2) is 48.9 Å². The fourth-order valence-electron chi connectivity index (χ4n) is 2.59. The molecular formula is C14H19N5O. The van der Waals surface area contributed by atoms with E-state index in [1.807, 2.05) is 25.4 Å². The van der Waals surface area contributed by atoms with Gasteiger partial charge in [-0.05, 0) is 25.0 Å². The average Bonchev–Trinajstić information content (AvgIpc) is 2.91. The molecule has 6 heteroatoms.